The van der Waals surface area contributed by atoms with E-state index >= 15 is 0 Å². The van der Waals surface area contributed by atoms with Crippen molar-refractivity contribution in [3.8, 4) is 0 Å². The van der Waals surface area contributed by atoms with E-state index in [1.54, 1.807) is 13.2 Å². The monoisotopic (exact) mass is 287 g/mol. The lowest BCUT2D eigenvalue weighted by atomic mass is 10.2. The van der Waals surface area contributed by atoms with E-state index in [0.717, 1.165) is 11.7 Å². The molecule has 0 aliphatic rings. The molecule has 8 heteroatoms. The third kappa shape index (κ3) is 2.10. The number of halogens is 1. The number of carbonyl (C=O) groups is 1. The van der Waals surface area contributed by atoms with Gasteiger partial charge in [-0.1, -0.05) is 5.21 Å². The van der Waals surface area contributed by atoms with Crippen LogP contribution in [-0.2, 0) is 13.5 Å². The van der Waals surface area contributed by atoms with Gasteiger partial charge in [0.1, 0.15) is 5.69 Å². The number of aromatic nitrogens is 5. The van der Waals surface area contributed by atoms with E-state index in [2.05, 4.69) is 35.0 Å². The lowest BCUT2D eigenvalue weighted by molar-refractivity contribution is 0.0982. The fraction of sp³-hybridized carbons (Fsp3) is 0.286. The Morgan fingerprint density at radius 2 is 2.47 bits per heavy atom. The fourth-order valence-corrected chi connectivity index (χ4v) is 2.12. The molecule has 2 aromatic heterocycles. The summed E-state index contributed by atoms with van der Waals surface area (Å²) in [6.45, 7) is 0. The van der Waals surface area contributed by atoms with Gasteiger partial charge in [-0.25, -0.2) is 4.68 Å². The molecule has 6 nitrogen and oxygen atoms in total. The van der Waals surface area contributed by atoms with Crippen molar-refractivity contribution in [2.75, 3.05) is 0 Å². The van der Waals surface area contributed by atoms with E-state index in [4.69, 9.17) is 0 Å². The lowest BCUT2D eigenvalue weighted by Gasteiger charge is -1.97. The van der Waals surface area contributed by atoms with Gasteiger partial charge >= 0.3 is 0 Å². The Kier molecular flexibility index (Phi) is 2.87. The van der Waals surface area contributed by atoms with Crippen molar-refractivity contribution in [3.63, 3.8) is 0 Å². The third-order valence-electron chi connectivity index (χ3n) is 1.80. The predicted molar refractivity (Wildman–Crippen MR) is 56.6 cm³/mol. The largest absolute Gasteiger partial charge is 0.292 e. The molecule has 0 unspecified atom stereocenters. The summed E-state index contributed by atoms with van der Waals surface area (Å²) in [5, 5.41) is 7.47. The molecule has 15 heavy (non-hydrogen) atoms. The summed E-state index contributed by atoms with van der Waals surface area (Å²) in [6.07, 6.45) is 1.80. The molecule has 0 spiro atoms. The highest BCUT2D eigenvalue weighted by atomic mass is 79.9. The number of hydrogen-bond acceptors (Lipinski definition) is 6. The summed E-state index contributed by atoms with van der Waals surface area (Å²) in [6, 6.07) is 0. The standard InChI is InChI=1S/C7H6BrN5OS/c1-13-6(7(8)10-12-13)5(14)2-4-3-9-15-11-4/h3H,2H2,1H3. The summed E-state index contributed by atoms with van der Waals surface area (Å²) in [4.78, 5) is 11.8. The molecule has 0 bridgehead atoms. The number of ketones is 1. The minimum atomic E-state index is -0.0814. The topological polar surface area (TPSA) is 73.6 Å². The molecule has 0 fully saturated rings. The van der Waals surface area contributed by atoms with Gasteiger partial charge in [-0.2, -0.15) is 8.75 Å². The Morgan fingerprint density at radius 1 is 1.67 bits per heavy atom. The van der Waals surface area contributed by atoms with Crippen LogP contribution in [0.4, 0.5) is 0 Å². The van der Waals surface area contributed by atoms with Gasteiger partial charge in [0, 0.05) is 7.05 Å². The van der Waals surface area contributed by atoms with E-state index in [1.807, 2.05) is 0 Å². The number of aryl methyl sites for hydroxylation is 1. The highest BCUT2D eigenvalue weighted by Gasteiger charge is 2.17. The highest BCUT2D eigenvalue weighted by Crippen LogP contribution is 2.14. The maximum atomic E-state index is 11.8. The number of rotatable bonds is 3. The molecule has 2 heterocycles. The Balaban J connectivity index is 2.22. The van der Waals surface area contributed by atoms with Crippen molar-refractivity contribution < 1.29 is 4.79 Å². The minimum absolute atomic E-state index is 0.0814. The SMILES string of the molecule is Cn1nnc(Br)c1C(=O)Cc1cnsn1. The average Bonchev–Trinajstić information content (AvgIpc) is 2.77. The van der Waals surface area contributed by atoms with Gasteiger partial charge in [-0.05, 0) is 15.9 Å². The summed E-state index contributed by atoms with van der Waals surface area (Å²) < 4.78 is 9.69. The van der Waals surface area contributed by atoms with Crippen LogP contribution in [0.15, 0.2) is 10.8 Å². The van der Waals surface area contributed by atoms with Crippen LogP contribution in [-0.4, -0.2) is 29.5 Å². The van der Waals surface area contributed by atoms with Gasteiger partial charge in [0.05, 0.1) is 30.0 Å². The van der Waals surface area contributed by atoms with Crippen molar-refractivity contribution in [1.29, 1.82) is 0 Å². The minimum Gasteiger partial charge on any atom is -0.292 e. The van der Waals surface area contributed by atoms with E-state index in [9.17, 15) is 4.79 Å². The molecule has 0 radical (unpaired) electrons. The number of hydrogen-bond donors (Lipinski definition) is 0. The fourth-order valence-electron chi connectivity index (χ4n) is 1.14. The van der Waals surface area contributed by atoms with Gasteiger partial charge < -0.3 is 0 Å². The zero-order chi connectivity index (χ0) is 10.8. The van der Waals surface area contributed by atoms with E-state index in [0.29, 0.717) is 16.0 Å². The van der Waals surface area contributed by atoms with Crippen LogP contribution in [0.1, 0.15) is 16.2 Å². The van der Waals surface area contributed by atoms with Crippen LogP contribution in [0.25, 0.3) is 0 Å². The molecule has 0 amide bonds. The van der Waals surface area contributed by atoms with Crippen LogP contribution in [0.2, 0.25) is 0 Å². The van der Waals surface area contributed by atoms with Crippen LogP contribution in [0, 0.1) is 0 Å². The third-order valence-corrected chi connectivity index (χ3v) is 2.85. The highest BCUT2D eigenvalue weighted by molar-refractivity contribution is 9.10. The second-order valence-electron chi connectivity index (χ2n) is 2.85. The zero-order valence-electron chi connectivity index (χ0n) is 7.71. The van der Waals surface area contributed by atoms with E-state index in [-0.39, 0.29) is 12.2 Å². The number of nitrogens with zero attached hydrogens (tertiary/aromatic N) is 5. The second kappa shape index (κ2) is 4.15. The molecular formula is C7H6BrN5OS. The van der Waals surface area contributed by atoms with E-state index in [1.165, 1.54) is 4.68 Å². The van der Waals surface area contributed by atoms with Crippen LogP contribution in [0.5, 0.6) is 0 Å². The summed E-state index contributed by atoms with van der Waals surface area (Å²) in [5.74, 6) is -0.0814. The first-order valence-electron chi connectivity index (χ1n) is 4.03. The van der Waals surface area contributed by atoms with Crippen molar-refractivity contribution in [2.24, 2.45) is 7.05 Å². The summed E-state index contributed by atoms with van der Waals surface area (Å²) >= 11 is 4.26. The smallest absolute Gasteiger partial charge is 0.189 e. The normalized spacial score (nSPS) is 10.5. The summed E-state index contributed by atoms with van der Waals surface area (Å²) in [7, 11) is 1.67. The molecule has 0 aliphatic carbocycles. The first-order chi connectivity index (χ1) is 7.18. The van der Waals surface area contributed by atoms with Crippen molar-refractivity contribution in [1.82, 2.24) is 23.7 Å². The van der Waals surface area contributed by atoms with Gasteiger partial charge in [0.25, 0.3) is 0 Å². The molecule has 0 saturated carbocycles. The molecule has 0 N–H and O–H groups in total. The Bertz CT molecular complexity index is 460. The maximum Gasteiger partial charge on any atom is 0.189 e. The Morgan fingerprint density at radius 3 is 3.00 bits per heavy atom. The van der Waals surface area contributed by atoms with Gasteiger partial charge in [-0.3, -0.25) is 4.79 Å². The molecule has 0 atom stereocenters. The molecule has 2 rings (SSSR count). The number of carbonyl (C=O) groups excluding carboxylic acids is 1. The molecule has 0 aliphatic heterocycles. The van der Waals surface area contributed by atoms with Crippen LogP contribution >= 0.6 is 27.7 Å². The predicted octanol–water partition coefficient (Wildman–Crippen LogP) is 0.854. The molecular weight excluding hydrogens is 282 g/mol. The Labute approximate surface area is 97.8 Å². The Hall–Kier alpha value is -1.15. The zero-order valence-corrected chi connectivity index (χ0v) is 10.1. The van der Waals surface area contributed by atoms with Crippen molar-refractivity contribution in [2.45, 2.75) is 6.42 Å². The van der Waals surface area contributed by atoms with Gasteiger partial charge in [0.15, 0.2) is 10.4 Å². The van der Waals surface area contributed by atoms with Crippen molar-refractivity contribution in [3.05, 3.63) is 22.2 Å². The van der Waals surface area contributed by atoms with Crippen LogP contribution in [0.3, 0.4) is 0 Å². The molecule has 78 valence electrons. The average molecular weight is 288 g/mol. The lowest BCUT2D eigenvalue weighted by Crippen LogP contribution is -2.10. The van der Waals surface area contributed by atoms with E-state index < -0.39 is 0 Å². The first kappa shape index (κ1) is 10.4. The quantitative estimate of drug-likeness (QED) is 0.783. The summed E-state index contributed by atoms with van der Waals surface area (Å²) in [5.41, 5.74) is 1.11. The number of Topliss-reactive ketones (excluding diaryl/α,β-unsaturated/α-hetero) is 1. The van der Waals surface area contributed by atoms with Crippen LogP contribution < -0.4 is 0 Å². The second-order valence-corrected chi connectivity index (χ2v) is 4.16. The van der Waals surface area contributed by atoms with Crippen molar-refractivity contribution >= 4 is 33.4 Å². The van der Waals surface area contributed by atoms with Gasteiger partial charge in [-0.15, -0.1) is 5.10 Å². The first-order valence-corrected chi connectivity index (χ1v) is 5.55. The van der Waals surface area contributed by atoms with Gasteiger partial charge in [0.2, 0.25) is 0 Å². The molecule has 0 aromatic carbocycles. The maximum absolute atomic E-state index is 11.8. The molecule has 2 aromatic rings. The molecule has 0 saturated heterocycles.